The molecule has 0 aliphatic heterocycles. The molecule has 9 aromatic rings. The Bertz CT molecular complexity index is 2570. The van der Waals surface area contributed by atoms with Crippen LogP contribution in [-0.2, 0) is 0 Å². The van der Waals surface area contributed by atoms with Gasteiger partial charge in [0.15, 0.2) is 0 Å². The van der Waals surface area contributed by atoms with E-state index in [2.05, 4.69) is 106 Å². The molecule has 9 rings (SSSR count). The highest BCUT2D eigenvalue weighted by Gasteiger charge is 2.23. The third-order valence-corrected chi connectivity index (χ3v) is 8.94. The van der Waals surface area contributed by atoms with E-state index in [0.29, 0.717) is 22.5 Å². The summed E-state index contributed by atoms with van der Waals surface area (Å²) in [6.45, 7) is 0. The third kappa shape index (κ3) is 3.20. The molecule has 7 aromatic carbocycles. The fourth-order valence-electron chi connectivity index (χ4n) is 7.10. The number of aromatic nitrogens is 2. The van der Waals surface area contributed by atoms with E-state index in [1.807, 2.05) is 48.5 Å². The van der Waals surface area contributed by atoms with Gasteiger partial charge in [0, 0.05) is 32.3 Å². The molecule has 4 nitrogen and oxygen atoms in total. The van der Waals surface area contributed by atoms with Crippen LogP contribution in [0.15, 0.2) is 133 Å². The first-order valence-corrected chi connectivity index (χ1v) is 14.6. The van der Waals surface area contributed by atoms with E-state index < -0.39 is 0 Å². The maximum Gasteiger partial charge on any atom is 0.104 e. The topological polar surface area (TPSA) is 57.4 Å². The Morgan fingerprint density at radius 2 is 0.841 bits per heavy atom. The Kier molecular flexibility index (Phi) is 5.00. The summed E-state index contributed by atoms with van der Waals surface area (Å²) < 4.78 is 4.36. The number of benzene rings is 7. The lowest BCUT2D eigenvalue weighted by Crippen LogP contribution is -2.05. The van der Waals surface area contributed by atoms with E-state index in [9.17, 15) is 10.5 Å². The minimum Gasteiger partial charge on any atom is -0.307 e. The van der Waals surface area contributed by atoms with Crippen molar-refractivity contribution in [2.75, 3.05) is 0 Å². The molecule has 202 valence electrons. The summed E-state index contributed by atoms with van der Waals surface area (Å²) in [5.41, 5.74) is 6.41. The van der Waals surface area contributed by atoms with Gasteiger partial charge in [0.25, 0.3) is 0 Å². The molecule has 44 heavy (non-hydrogen) atoms. The number of rotatable bonds is 2. The molecular weight excluding hydrogens is 536 g/mol. The molecule has 2 heterocycles. The standard InChI is InChI=1S/C40H22N4/c41-23-25-21-37(43-35-15-7-5-13-30(35)32-19-17-26-9-1-3-11-28(26)39(32)43)34(24-42)38(22-25)44-36-16-8-6-14-31(36)33-20-18-27-10-2-4-12-29(27)40(33)44/h1-22H. The van der Waals surface area contributed by atoms with Crippen molar-refractivity contribution in [1.29, 1.82) is 10.5 Å². The quantitative estimate of drug-likeness (QED) is 0.212. The summed E-state index contributed by atoms with van der Waals surface area (Å²) in [7, 11) is 0. The van der Waals surface area contributed by atoms with Gasteiger partial charge in [0.1, 0.15) is 11.6 Å². The average Bonchev–Trinajstić information content (AvgIpc) is 3.61. The second-order valence-electron chi connectivity index (χ2n) is 11.2. The number of nitriles is 2. The van der Waals surface area contributed by atoms with Crippen LogP contribution in [0.2, 0.25) is 0 Å². The van der Waals surface area contributed by atoms with Crippen LogP contribution in [0.5, 0.6) is 0 Å². The Balaban J connectivity index is 1.51. The largest absolute Gasteiger partial charge is 0.307 e. The molecule has 0 aliphatic rings. The zero-order valence-electron chi connectivity index (χ0n) is 23.5. The SMILES string of the molecule is N#Cc1cc(-n2c3ccccc3c3ccc4ccccc4c32)c(C#N)c(-n2c3ccccc3c3ccc4ccccc4c32)c1. The van der Waals surface area contributed by atoms with Gasteiger partial charge in [-0.2, -0.15) is 10.5 Å². The molecule has 0 radical (unpaired) electrons. The van der Waals surface area contributed by atoms with Crippen LogP contribution in [-0.4, -0.2) is 9.13 Å². The van der Waals surface area contributed by atoms with Crippen molar-refractivity contribution in [3.8, 4) is 23.5 Å². The summed E-state index contributed by atoms with van der Waals surface area (Å²) in [5, 5.41) is 30.2. The Morgan fingerprint density at radius 1 is 0.409 bits per heavy atom. The lowest BCUT2D eigenvalue weighted by molar-refractivity contribution is 1.12. The van der Waals surface area contributed by atoms with Crippen LogP contribution in [0, 0.1) is 22.7 Å². The summed E-state index contributed by atoms with van der Waals surface area (Å²) in [5.74, 6) is 0. The minimum atomic E-state index is 0.492. The van der Waals surface area contributed by atoms with E-state index in [1.165, 1.54) is 0 Å². The first kappa shape index (κ1) is 24.3. The van der Waals surface area contributed by atoms with Crippen molar-refractivity contribution in [3.05, 3.63) is 145 Å². The molecule has 0 bridgehead atoms. The van der Waals surface area contributed by atoms with Gasteiger partial charge in [-0.1, -0.05) is 109 Å². The smallest absolute Gasteiger partial charge is 0.104 e. The monoisotopic (exact) mass is 558 g/mol. The molecule has 0 spiro atoms. The highest BCUT2D eigenvalue weighted by atomic mass is 15.0. The lowest BCUT2D eigenvalue weighted by atomic mass is 10.0. The maximum absolute atomic E-state index is 11.0. The van der Waals surface area contributed by atoms with Gasteiger partial charge in [0.2, 0.25) is 0 Å². The molecule has 4 heteroatoms. The van der Waals surface area contributed by atoms with E-state index >= 15 is 0 Å². The van der Waals surface area contributed by atoms with Gasteiger partial charge in [-0.25, -0.2) is 0 Å². The second kappa shape index (κ2) is 9.07. The number of hydrogen-bond donors (Lipinski definition) is 0. The predicted octanol–water partition coefficient (Wildman–Crippen LogP) is 9.93. The Labute approximate surface area is 252 Å². The van der Waals surface area contributed by atoms with Gasteiger partial charge in [-0.15, -0.1) is 0 Å². The summed E-state index contributed by atoms with van der Waals surface area (Å²) in [6, 6.07) is 50.6. The van der Waals surface area contributed by atoms with E-state index in [4.69, 9.17) is 0 Å². The number of fused-ring (bicyclic) bond motifs is 10. The zero-order valence-corrected chi connectivity index (χ0v) is 23.5. The predicted molar refractivity (Wildman–Crippen MR) is 180 cm³/mol. The molecular formula is C40H22N4. The van der Waals surface area contributed by atoms with Crippen LogP contribution in [0.25, 0.3) is 76.5 Å². The highest BCUT2D eigenvalue weighted by Crippen LogP contribution is 2.41. The molecule has 0 amide bonds. The second-order valence-corrected chi connectivity index (χ2v) is 11.2. The number of nitrogens with zero attached hydrogens (tertiary/aromatic N) is 4. The van der Waals surface area contributed by atoms with Crippen molar-refractivity contribution in [3.63, 3.8) is 0 Å². The average molecular weight is 559 g/mol. The maximum atomic E-state index is 11.0. The number of hydrogen-bond acceptors (Lipinski definition) is 2. The van der Waals surface area contributed by atoms with Crippen molar-refractivity contribution < 1.29 is 0 Å². The van der Waals surface area contributed by atoms with Gasteiger partial charge in [-0.3, -0.25) is 0 Å². The van der Waals surface area contributed by atoms with Crippen molar-refractivity contribution >= 4 is 65.2 Å². The normalized spacial score (nSPS) is 11.6. The van der Waals surface area contributed by atoms with Gasteiger partial charge < -0.3 is 9.13 Å². The van der Waals surface area contributed by atoms with Crippen LogP contribution >= 0.6 is 0 Å². The summed E-state index contributed by atoms with van der Waals surface area (Å²) in [4.78, 5) is 0. The van der Waals surface area contributed by atoms with Crippen molar-refractivity contribution in [2.24, 2.45) is 0 Å². The Morgan fingerprint density at radius 3 is 1.30 bits per heavy atom. The lowest BCUT2D eigenvalue weighted by Gasteiger charge is -2.17. The van der Waals surface area contributed by atoms with Crippen LogP contribution < -0.4 is 0 Å². The molecule has 0 unspecified atom stereocenters. The molecule has 0 saturated carbocycles. The van der Waals surface area contributed by atoms with Gasteiger partial charge in [0.05, 0.1) is 45.1 Å². The molecule has 0 aliphatic carbocycles. The van der Waals surface area contributed by atoms with Crippen molar-refractivity contribution in [2.45, 2.75) is 0 Å². The zero-order chi connectivity index (χ0) is 29.4. The first-order chi connectivity index (χ1) is 21.8. The van der Waals surface area contributed by atoms with E-state index in [0.717, 1.165) is 65.2 Å². The van der Waals surface area contributed by atoms with Crippen LogP contribution in [0.3, 0.4) is 0 Å². The first-order valence-electron chi connectivity index (χ1n) is 14.6. The van der Waals surface area contributed by atoms with Gasteiger partial charge in [-0.05, 0) is 35.0 Å². The Hall–Kier alpha value is -6.36. The minimum absolute atomic E-state index is 0.492. The number of para-hydroxylation sites is 2. The highest BCUT2D eigenvalue weighted by molar-refractivity contribution is 6.20. The molecule has 2 aromatic heterocycles. The van der Waals surface area contributed by atoms with Crippen LogP contribution in [0.1, 0.15) is 11.1 Å². The third-order valence-electron chi connectivity index (χ3n) is 8.94. The van der Waals surface area contributed by atoms with Gasteiger partial charge >= 0.3 is 0 Å². The fraction of sp³-hybridized carbons (Fsp3) is 0. The van der Waals surface area contributed by atoms with Crippen molar-refractivity contribution in [1.82, 2.24) is 9.13 Å². The summed E-state index contributed by atoms with van der Waals surface area (Å²) >= 11 is 0. The van der Waals surface area contributed by atoms with E-state index in [1.54, 1.807) is 0 Å². The summed E-state index contributed by atoms with van der Waals surface area (Å²) in [6.07, 6.45) is 0. The molecule has 0 atom stereocenters. The molecule has 0 fully saturated rings. The fourth-order valence-corrected chi connectivity index (χ4v) is 7.10. The van der Waals surface area contributed by atoms with E-state index in [-0.39, 0.29) is 0 Å². The molecule has 0 N–H and O–H groups in total. The van der Waals surface area contributed by atoms with Crippen LogP contribution in [0.4, 0.5) is 0 Å². The molecule has 0 saturated heterocycles.